The highest BCUT2D eigenvalue weighted by molar-refractivity contribution is 9.10. The maximum absolute atomic E-state index is 5.31. The van der Waals surface area contributed by atoms with Gasteiger partial charge in [-0.05, 0) is 37.2 Å². The van der Waals surface area contributed by atoms with Crippen molar-refractivity contribution in [3.05, 3.63) is 46.2 Å². The van der Waals surface area contributed by atoms with Crippen LogP contribution < -0.4 is 10.1 Å². The number of nitrogens with zero attached hydrogens (tertiary/aromatic N) is 2. The monoisotopic (exact) mass is 337 g/mol. The van der Waals surface area contributed by atoms with Crippen LogP contribution in [-0.4, -0.2) is 23.9 Å². The summed E-state index contributed by atoms with van der Waals surface area (Å²) in [5, 5.41) is 7.75. The van der Waals surface area contributed by atoms with E-state index in [2.05, 4.69) is 39.5 Å². The molecule has 1 unspecified atom stereocenters. The lowest BCUT2D eigenvalue weighted by molar-refractivity contribution is 0.413. The standard InChI is InChI=1S/C15H20BrN3O/c1-4-7-19-10-11(9-18-19)15(17-2)13-8-12(20-3)5-6-14(13)16/h5-6,8-10,15,17H,4,7H2,1-3H3. The topological polar surface area (TPSA) is 39.1 Å². The van der Waals surface area contributed by atoms with Gasteiger partial charge in [0, 0.05) is 22.8 Å². The van der Waals surface area contributed by atoms with Gasteiger partial charge in [-0.3, -0.25) is 4.68 Å². The van der Waals surface area contributed by atoms with Gasteiger partial charge in [-0.15, -0.1) is 0 Å². The van der Waals surface area contributed by atoms with Crippen molar-refractivity contribution in [2.75, 3.05) is 14.2 Å². The largest absolute Gasteiger partial charge is 0.497 e. The van der Waals surface area contributed by atoms with Crippen LogP contribution in [0.2, 0.25) is 0 Å². The van der Waals surface area contributed by atoms with Crippen molar-refractivity contribution in [2.24, 2.45) is 0 Å². The normalized spacial score (nSPS) is 12.4. The lowest BCUT2D eigenvalue weighted by Crippen LogP contribution is -2.17. The van der Waals surface area contributed by atoms with Gasteiger partial charge in [0.1, 0.15) is 5.75 Å². The van der Waals surface area contributed by atoms with Crippen molar-refractivity contribution in [1.82, 2.24) is 15.1 Å². The molecule has 1 N–H and O–H groups in total. The first-order valence-electron chi connectivity index (χ1n) is 6.72. The molecule has 1 atom stereocenters. The molecule has 1 heterocycles. The Morgan fingerprint density at radius 2 is 2.25 bits per heavy atom. The molecule has 0 bridgehead atoms. The average molecular weight is 338 g/mol. The third-order valence-electron chi connectivity index (χ3n) is 3.24. The second-order valence-corrected chi connectivity index (χ2v) is 5.50. The third kappa shape index (κ3) is 3.22. The zero-order valence-electron chi connectivity index (χ0n) is 12.1. The summed E-state index contributed by atoms with van der Waals surface area (Å²) in [7, 11) is 3.63. The second-order valence-electron chi connectivity index (χ2n) is 4.65. The summed E-state index contributed by atoms with van der Waals surface area (Å²) < 4.78 is 8.35. The van der Waals surface area contributed by atoms with Crippen LogP contribution in [0.1, 0.15) is 30.5 Å². The Hall–Kier alpha value is -1.33. The molecular weight excluding hydrogens is 318 g/mol. The first-order chi connectivity index (χ1) is 9.69. The summed E-state index contributed by atoms with van der Waals surface area (Å²) in [5.74, 6) is 0.851. The van der Waals surface area contributed by atoms with E-state index in [-0.39, 0.29) is 6.04 Å². The predicted molar refractivity (Wildman–Crippen MR) is 84.1 cm³/mol. The molecular formula is C15H20BrN3O. The fourth-order valence-corrected chi connectivity index (χ4v) is 2.73. The molecule has 0 aliphatic rings. The number of ether oxygens (including phenoxy) is 1. The lowest BCUT2D eigenvalue weighted by atomic mass is 10.0. The Labute approximate surface area is 128 Å². The van der Waals surface area contributed by atoms with Crippen molar-refractivity contribution >= 4 is 15.9 Å². The number of aromatic nitrogens is 2. The molecule has 1 aromatic carbocycles. The number of halogens is 1. The fraction of sp³-hybridized carbons (Fsp3) is 0.400. The van der Waals surface area contributed by atoms with E-state index in [4.69, 9.17) is 4.74 Å². The fourth-order valence-electron chi connectivity index (χ4n) is 2.25. The number of methoxy groups -OCH3 is 1. The van der Waals surface area contributed by atoms with Crippen LogP contribution in [-0.2, 0) is 6.54 Å². The molecule has 0 aliphatic heterocycles. The van der Waals surface area contributed by atoms with Crippen molar-refractivity contribution < 1.29 is 4.74 Å². The number of aryl methyl sites for hydroxylation is 1. The third-order valence-corrected chi connectivity index (χ3v) is 3.96. The summed E-state index contributed by atoms with van der Waals surface area (Å²) in [6, 6.07) is 6.09. The molecule has 0 radical (unpaired) electrons. The van der Waals surface area contributed by atoms with E-state index in [0.717, 1.165) is 34.3 Å². The molecule has 4 nitrogen and oxygen atoms in total. The second kappa shape index (κ2) is 6.90. The molecule has 1 aromatic heterocycles. The minimum absolute atomic E-state index is 0.0880. The van der Waals surface area contributed by atoms with Gasteiger partial charge in [0.25, 0.3) is 0 Å². The molecule has 5 heteroatoms. The molecule has 0 aliphatic carbocycles. The summed E-state index contributed by atoms with van der Waals surface area (Å²) >= 11 is 3.61. The van der Waals surface area contributed by atoms with Gasteiger partial charge in [-0.2, -0.15) is 5.10 Å². The van der Waals surface area contributed by atoms with E-state index in [9.17, 15) is 0 Å². The van der Waals surface area contributed by atoms with E-state index >= 15 is 0 Å². The van der Waals surface area contributed by atoms with Crippen molar-refractivity contribution in [1.29, 1.82) is 0 Å². The average Bonchev–Trinajstić information content (AvgIpc) is 2.90. The SMILES string of the molecule is CCCn1cc(C(NC)c2cc(OC)ccc2Br)cn1. The smallest absolute Gasteiger partial charge is 0.119 e. The molecule has 2 rings (SSSR count). The molecule has 0 amide bonds. The van der Waals surface area contributed by atoms with E-state index in [0.29, 0.717) is 0 Å². The van der Waals surface area contributed by atoms with Gasteiger partial charge in [-0.1, -0.05) is 22.9 Å². The van der Waals surface area contributed by atoms with Crippen LogP contribution in [0.4, 0.5) is 0 Å². The van der Waals surface area contributed by atoms with E-state index in [1.807, 2.05) is 36.1 Å². The number of hydrogen-bond acceptors (Lipinski definition) is 3. The maximum Gasteiger partial charge on any atom is 0.119 e. The maximum atomic E-state index is 5.31. The molecule has 0 fully saturated rings. The quantitative estimate of drug-likeness (QED) is 0.878. The minimum atomic E-state index is 0.0880. The minimum Gasteiger partial charge on any atom is -0.497 e. The summed E-state index contributed by atoms with van der Waals surface area (Å²) in [6.07, 6.45) is 5.09. The van der Waals surface area contributed by atoms with Crippen LogP contribution in [0.3, 0.4) is 0 Å². The highest BCUT2D eigenvalue weighted by atomic mass is 79.9. The lowest BCUT2D eigenvalue weighted by Gasteiger charge is -2.17. The predicted octanol–water partition coefficient (Wildman–Crippen LogP) is 3.37. The Morgan fingerprint density at radius 1 is 1.45 bits per heavy atom. The summed E-state index contributed by atoms with van der Waals surface area (Å²) in [5.41, 5.74) is 2.29. The molecule has 0 saturated heterocycles. The van der Waals surface area contributed by atoms with Gasteiger partial charge in [0.15, 0.2) is 0 Å². The Bertz CT molecular complexity index is 568. The molecule has 0 saturated carbocycles. The number of hydrogen-bond donors (Lipinski definition) is 1. The highest BCUT2D eigenvalue weighted by Gasteiger charge is 2.17. The van der Waals surface area contributed by atoms with Gasteiger partial charge < -0.3 is 10.1 Å². The van der Waals surface area contributed by atoms with Gasteiger partial charge >= 0.3 is 0 Å². The number of benzene rings is 1. The molecule has 108 valence electrons. The zero-order valence-corrected chi connectivity index (χ0v) is 13.6. The van der Waals surface area contributed by atoms with Crippen LogP contribution in [0.5, 0.6) is 5.75 Å². The zero-order chi connectivity index (χ0) is 14.5. The molecule has 0 spiro atoms. The van der Waals surface area contributed by atoms with Crippen LogP contribution in [0, 0.1) is 0 Å². The Kier molecular flexibility index (Phi) is 5.20. The Balaban J connectivity index is 2.35. The van der Waals surface area contributed by atoms with Gasteiger partial charge in [0.05, 0.1) is 19.3 Å². The van der Waals surface area contributed by atoms with Crippen molar-refractivity contribution in [2.45, 2.75) is 25.9 Å². The molecule has 20 heavy (non-hydrogen) atoms. The van der Waals surface area contributed by atoms with Crippen LogP contribution in [0.15, 0.2) is 35.1 Å². The highest BCUT2D eigenvalue weighted by Crippen LogP contribution is 2.31. The first kappa shape index (κ1) is 15.1. The Morgan fingerprint density at radius 3 is 2.90 bits per heavy atom. The number of nitrogens with one attached hydrogen (secondary N) is 1. The summed E-state index contributed by atoms with van der Waals surface area (Å²) in [6.45, 7) is 3.09. The van der Waals surface area contributed by atoms with Crippen LogP contribution in [0.25, 0.3) is 0 Å². The van der Waals surface area contributed by atoms with E-state index < -0.39 is 0 Å². The first-order valence-corrected chi connectivity index (χ1v) is 7.52. The van der Waals surface area contributed by atoms with Crippen LogP contribution >= 0.6 is 15.9 Å². The molecule has 2 aromatic rings. The van der Waals surface area contributed by atoms with Gasteiger partial charge in [0.2, 0.25) is 0 Å². The summed E-state index contributed by atoms with van der Waals surface area (Å²) in [4.78, 5) is 0. The number of rotatable bonds is 6. The van der Waals surface area contributed by atoms with Crippen molar-refractivity contribution in [3.63, 3.8) is 0 Å². The van der Waals surface area contributed by atoms with Crippen molar-refractivity contribution in [3.8, 4) is 5.75 Å². The van der Waals surface area contributed by atoms with E-state index in [1.54, 1.807) is 7.11 Å². The van der Waals surface area contributed by atoms with Gasteiger partial charge in [-0.25, -0.2) is 0 Å². The van der Waals surface area contributed by atoms with E-state index in [1.165, 1.54) is 0 Å².